The Morgan fingerprint density at radius 1 is 1.13 bits per heavy atom. The van der Waals surface area contributed by atoms with Crippen LogP contribution in [0.1, 0.15) is 53.6 Å². The molecule has 1 fully saturated rings. The number of rotatable bonds is 4. The highest BCUT2D eigenvalue weighted by Gasteiger charge is 2.25. The van der Waals surface area contributed by atoms with E-state index in [0.29, 0.717) is 11.1 Å². The molecule has 0 saturated heterocycles. The van der Waals surface area contributed by atoms with Crippen LogP contribution in [0.25, 0.3) is 0 Å². The summed E-state index contributed by atoms with van der Waals surface area (Å²) >= 11 is 0. The lowest BCUT2D eigenvalue weighted by Crippen LogP contribution is -2.24. The molecule has 23 heavy (non-hydrogen) atoms. The molecule has 0 heterocycles. The topological polar surface area (TPSA) is 63.7 Å². The molecule has 0 atom stereocenters. The Morgan fingerprint density at radius 2 is 1.74 bits per heavy atom. The Kier molecular flexibility index (Phi) is 5.47. The third-order valence-electron chi connectivity index (χ3n) is 4.44. The first-order valence-electron chi connectivity index (χ1n) is 7.98. The van der Waals surface area contributed by atoms with E-state index >= 15 is 0 Å². The van der Waals surface area contributed by atoms with Crippen molar-refractivity contribution in [2.45, 2.75) is 57.0 Å². The summed E-state index contributed by atoms with van der Waals surface area (Å²) in [7, 11) is -0.627. The summed E-state index contributed by atoms with van der Waals surface area (Å²) in [5.74, 6) is -0.435. The SMILES string of the molecule is Cc1cc(C(=O)OC2CCCCC2)cc(S(=O)(=O)N(C)C)c1C. The van der Waals surface area contributed by atoms with Crippen molar-refractivity contribution in [2.75, 3.05) is 14.1 Å². The normalized spacial score (nSPS) is 16.6. The van der Waals surface area contributed by atoms with Crippen LogP contribution in [0.5, 0.6) is 0 Å². The predicted octanol–water partition coefficient (Wildman–Crippen LogP) is 3.04. The third kappa shape index (κ3) is 3.93. The zero-order valence-electron chi connectivity index (χ0n) is 14.3. The van der Waals surface area contributed by atoms with E-state index in [4.69, 9.17) is 4.74 Å². The van der Waals surface area contributed by atoms with Gasteiger partial charge in [0.2, 0.25) is 10.0 Å². The Morgan fingerprint density at radius 3 is 2.30 bits per heavy atom. The largest absolute Gasteiger partial charge is 0.459 e. The molecule has 6 heteroatoms. The molecule has 1 aromatic carbocycles. The van der Waals surface area contributed by atoms with Gasteiger partial charge in [-0.2, -0.15) is 0 Å². The van der Waals surface area contributed by atoms with Crippen LogP contribution in [-0.4, -0.2) is 38.9 Å². The van der Waals surface area contributed by atoms with Crippen LogP contribution in [-0.2, 0) is 14.8 Å². The molecule has 0 aromatic heterocycles. The van der Waals surface area contributed by atoms with Gasteiger partial charge in [0, 0.05) is 14.1 Å². The Balaban J connectivity index is 2.33. The summed E-state index contributed by atoms with van der Waals surface area (Å²) in [4.78, 5) is 12.6. The van der Waals surface area contributed by atoms with Gasteiger partial charge in [-0.25, -0.2) is 17.5 Å². The Bertz CT molecular complexity index is 689. The van der Waals surface area contributed by atoms with E-state index in [-0.39, 0.29) is 11.0 Å². The number of benzene rings is 1. The first kappa shape index (κ1) is 17.9. The van der Waals surface area contributed by atoms with Crippen LogP contribution in [0.15, 0.2) is 17.0 Å². The Labute approximate surface area is 138 Å². The van der Waals surface area contributed by atoms with Gasteiger partial charge in [0.1, 0.15) is 6.10 Å². The van der Waals surface area contributed by atoms with E-state index in [2.05, 4.69) is 0 Å². The third-order valence-corrected chi connectivity index (χ3v) is 6.38. The van der Waals surface area contributed by atoms with Gasteiger partial charge in [0.25, 0.3) is 0 Å². The number of sulfonamides is 1. The second-order valence-electron chi connectivity index (χ2n) is 6.37. The molecular weight excluding hydrogens is 314 g/mol. The van der Waals surface area contributed by atoms with Crippen molar-refractivity contribution in [3.8, 4) is 0 Å². The summed E-state index contributed by atoms with van der Waals surface area (Å²) in [6.45, 7) is 3.56. The van der Waals surface area contributed by atoms with Crippen molar-refractivity contribution in [1.82, 2.24) is 4.31 Å². The lowest BCUT2D eigenvalue weighted by Gasteiger charge is -2.22. The molecule has 0 unspecified atom stereocenters. The summed E-state index contributed by atoms with van der Waals surface area (Å²) < 4.78 is 31.6. The smallest absolute Gasteiger partial charge is 0.338 e. The van der Waals surface area contributed by atoms with E-state index in [1.165, 1.54) is 26.6 Å². The molecule has 1 aliphatic rings. The number of ether oxygens (including phenoxy) is 1. The molecule has 0 bridgehead atoms. The van der Waals surface area contributed by atoms with Crippen LogP contribution in [0.4, 0.5) is 0 Å². The molecular formula is C17H25NO4S. The predicted molar refractivity (Wildman–Crippen MR) is 89.1 cm³/mol. The maximum Gasteiger partial charge on any atom is 0.338 e. The first-order chi connectivity index (χ1) is 10.7. The fourth-order valence-corrected chi connectivity index (χ4v) is 4.03. The molecule has 0 N–H and O–H groups in total. The highest BCUT2D eigenvalue weighted by atomic mass is 32.2. The minimum atomic E-state index is -3.59. The summed E-state index contributed by atoms with van der Waals surface area (Å²) in [6, 6.07) is 3.14. The summed E-state index contributed by atoms with van der Waals surface area (Å²) in [5, 5.41) is 0. The number of nitrogens with zero attached hydrogens (tertiary/aromatic N) is 1. The van der Waals surface area contributed by atoms with Crippen LogP contribution in [0.2, 0.25) is 0 Å². The maximum atomic E-state index is 12.4. The first-order valence-corrected chi connectivity index (χ1v) is 9.42. The summed E-state index contributed by atoms with van der Waals surface area (Å²) in [5.41, 5.74) is 1.73. The highest BCUT2D eigenvalue weighted by Crippen LogP contribution is 2.25. The van der Waals surface area contributed by atoms with Crippen LogP contribution in [0.3, 0.4) is 0 Å². The zero-order valence-corrected chi connectivity index (χ0v) is 15.1. The number of esters is 1. The molecule has 0 radical (unpaired) electrons. The number of aryl methyl sites for hydroxylation is 1. The fraction of sp³-hybridized carbons (Fsp3) is 0.588. The van der Waals surface area contributed by atoms with Gasteiger partial charge in [0.05, 0.1) is 10.5 Å². The quantitative estimate of drug-likeness (QED) is 0.791. The van der Waals surface area contributed by atoms with Gasteiger partial charge < -0.3 is 4.74 Å². The average Bonchev–Trinajstić information content (AvgIpc) is 2.50. The van der Waals surface area contributed by atoms with Gasteiger partial charge >= 0.3 is 5.97 Å². The van der Waals surface area contributed by atoms with E-state index in [1.54, 1.807) is 19.9 Å². The molecule has 1 aliphatic carbocycles. The van der Waals surface area contributed by atoms with E-state index < -0.39 is 16.0 Å². The second-order valence-corrected chi connectivity index (χ2v) is 8.49. The van der Waals surface area contributed by atoms with Crippen molar-refractivity contribution in [1.29, 1.82) is 0 Å². The van der Waals surface area contributed by atoms with E-state index in [9.17, 15) is 13.2 Å². The monoisotopic (exact) mass is 339 g/mol. The molecule has 128 valence electrons. The fourth-order valence-electron chi connectivity index (χ4n) is 2.81. The molecule has 2 rings (SSSR count). The van der Waals surface area contributed by atoms with Crippen molar-refractivity contribution in [2.24, 2.45) is 0 Å². The van der Waals surface area contributed by atoms with Gasteiger partial charge in [-0.1, -0.05) is 6.42 Å². The summed E-state index contributed by atoms with van der Waals surface area (Å²) in [6.07, 6.45) is 5.06. The number of hydrogen-bond donors (Lipinski definition) is 0. The molecule has 1 aromatic rings. The lowest BCUT2D eigenvalue weighted by molar-refractivity contribution is 0.0211. The second kappa shape index (κ2) is 7.01. The molecule has 5 nitrogen and oxygen atoms in total. The van der Waals surface area contributed by atoms with Gasteiger partial charge in [0.15, 0.2) is 0 Å². The highest BCUT2D eigenvalue weighted by molar-refractivity contribution is 7.89. The van der Waals surface area contributed by atoms with Crippen molar-refractivity contribution in [3.63, 3.8) is 0 Å². The maximum absolute atomic E-state index is 12.4. The molecule has 0 spiro atoms. The number of carbonyl (C=O) groups excluding carboxylic acids is 1. The van der Waals surface area contributed by atoms with Crippen LogP contribution >= 0.6 is 0 Å². The minimum absolute atomic E-state index is 0.0493. The van der Waals surface area contributed by atoms with Gasteiger partial charge in [-0.3, -0.25) is 0 Å². The van der Waals surface area contributed by atoms with Crippen molar-refractivity contribution in [3.05, 3.63) is 28.8 Å². The molecule has 0 amide bonds. The Hall–Kier alpha value is -1.40. The van der Waals surface area contributed by atoms with Gasteiger partial charge in [-0.15, -0.1) is 0 Å². The lowest BCUT2D eigenvalue weighted by atomic mass is 9.97. The standard InChI is InChI=1S/C17H25NO4S/c1-12-10-14(17(19)22-15-8-6-5-7-9-15)11-16(13(12)2)23(20,21)18(3)4/h10-11,15H,5-9H2,1-4H3. The van der Waals surface area contributed by atoms with Crippen molar-refractivity contribution < 1.29 is 17.9 Å². The van der Waals surface area contributed by atoms with Crippen molar-refractivity contribution >= 4 is 16.0 Å². The minimum Gasteiger partial charge on any atom is -0.459 e. The molecule has 0 aliphatic heterocycles. The van der Waals surface area contributed by atoms with E-state index in [0.717, 1.165) is 35.6 Å². The zero-order chi connectivity index (χ0) is 17.2. The van der Waals surface area contributed by atoms with E-state index in [1.807, 2.05) is 0 Å². The average molecular weight is 339 g/mol. The van der Waals surface area contributed by atoms with Gasteiger partial charge in [-0.05, 0) is 62.8 Å². The van der Waals surface area contributed by atoms with Crippen LogP contribution < -0.4 is 0 Å². The number of carbonyl (C=O) groups is 1. The molecule has 1 saturated carbocycles. The van der Waals surface area contributed by atoms with Crippen LogP contribution in [0, 0.1) is 13.8 Å². The number of hydrogen-bond acceptors (Lipinski definition) is 4.